The van der Waals surface area contributed by atoms with E-state index in [1.54, 1.807) is 5.56 Å². The fourth-order valence-electron chi connectivity index (χ4n) is 4.32. The lowest BCUT2D eigenvalue weighted by Crippen LogP contribution is -2.03. The SMILES string of the molecule is c1ccc(C2CCCCC2)cc1.c1ccc(CC2CCCC2)cc1. The van der Waals surface area contributed by atoms with Gasteiger partial charge in [-0.05, 0) is 42.2 Å². The van der Waals surface area contributed by atoms with Crippen LogP contribution in [0.4, 0.5) is 0 Å². The molecule has 0 unspecified atom stereocenters. The van der Waals surface area contributed by atoms with Crippen molar-refractivity contribution in [3.05, 3.63) is 71.8 Å². The molecule has 0 radical (unpaired) electrons. The molecule has 2 aromatic rings. The summed E-state index contributed by atoms with van der Waals surface area (Å²) in [4.78, 5) is 0. The summed E-state index contributed by atoms with van der Waals surface area (Å²) < 4.78 is 0. The predicted molar refractivity (Wildman–Crippen MR) is 104 cm³/mol. The molecule has 2 saturated carbocycles. The Labute approximate surface area is 148 Å². The summed E-state index contributed by atoms with van der Waals surface area (Å²) in [5.74, 6) is 1.84. The molecule has 128 valence electrons. The van der Waals surface area contributed by atoms with E-state index in [2.05, 4.69) is 60.7 Å². The first-order valence-electron chi connectivity index (χ1n) is 10.0. The van der Waals surface area contributed by atoms with Crippen LogP contribution < -0.4 is 0 Å². The summed E-state index contributed by atoms with van der Waals surface area (Å²) in [5, 5.41) is 0. The van der Waals surface area contributed by atoms with Gasteiger partial charge < -0.3 is 0 Å². The molecule has 0 bridgehead atoms. The maximum atomic E-state index is 2.27. The molecule has 0 nitrogen and oxygen atoms in total. The van der Waals surface area contributed by atoms with Crippen molar-refractivity contribution in [2.75, 3.05) is 0 Å². The summed E-state index contributed by atoms with van der Waals surface area (Å²) in [6.07, 6.45) is 14.2. The largest absolute Gasteiger partial charge is 0.0622 e. The molecule has 0 aromatic heterocycles. The zero-order valence-electron chi connectivity index (χ0n) is 15.0. The molecule has 0 spiro atoms. The van der Waals surface area contributed by atoms with Crippen molar-refractivity contribution >= 4 is 0 Å². The lowest BCUT2D eigenvalue weighted by molar-refractivity contribution is 0.443. The monoisotopic (exact) mass is 320 g/mol. The minimum atomic E-state index is 0.861. The van der Waals surface area contributed by atoms with E-state index in [0.29, 0.717) is 0 Å². The first-order valence-corrected chi connectivity index (χ1v) is 10.0. The summed E-state index contributed by atoms with van der Waals surface area (Å²) in [7, 11) is 0. The third kappa shape index (κ3) is 5.51. The highest BCUT2D eigenvalue weighted by molar-refractivity contribution is 5.19. The highest BCUT2D eigenvalue weighted by Crippen LogP contribution is 2.32. The molecular weight excluding hydrogens is 288 g/mol. The van der Waals surface area contributed by atoms with E-state index in [-0.39, 0.29) is 0 Å². The highest BCUT2D eigenvalue weighted by atomic mass is 14.2. The molecule has 0 heteroatoms. The lowest BCUT2D eigenvalue weighted by atomic mass is 9.84. The summed E-state index contributed by atoms with van der Waals surface area (Å²) in [6, 6.07) is 21.8. The van der Waals surface area contributed by atoms with Gasteiger partial charge in [-0.15, -0.1) is 0 Å². The second-order valence-corrected chi connectivity index (χ2v) is 7.59. The van der Waals surface area contributed by atoms with Crippen molar-refractivity contribution in [3.63, 3.8) is 0 Å². The van der Waals surface area contributed by atoms with Gasteiger partial charge in [-0.1, -0.05) is 106 Å². The van der Waals surface area contributed by atoms with E-state index in [0.717, 1.165) is 11.8 Å². The van der Waals surface area contributed by atoms with Gasteiger partial charge in [0.1, 0.15) is 0 Å². The fraction of sp³-hybridized carbons (Fsp3) is 0.500. The molecule has 0 saturated heterocycles. The quantitative estimate of drug-likeness (QED) is 0.563. The first-order chi connectivity index (χ1) is 11.9. The third-order valence-electron chi connectivity index (χ3n) is 5.72. The number of benzene rings is 2. The van der Waals surface area contributed by atoms with Gasteiger partial charge >= 0.3 is 0 Å². The summed E-state index contributed by atoms with van der Waals surface area (Å²) >= 11 is 0. The van der Waals surface area contributed by atoms with Crippen LogP contribution in [0.1, 0.15) is 74.8 Å². The number of hydrogen-bond donors (Lipinski definition) is 0. The summed E-state index contributed by atoms with van der Waals surface area (Å²) in [5.41, 5.74) is 3.07. The molecule has 2 aliphatic carbocycles. The number of rotatable bonds is 3. The van der Waals surface area contributed by atoms with E-state index >= 15 is 0 Å². The van der Waals surface area contributed by atoms with Gasteiger partial charge in [0, 0.05) is 0 Å². The Morgan fingerprint density at radius 1 is 0.583 bits per heavy atom. The Bertz CT molecular complexity index is 545. The molecule has 0 N–H and O–H groups in total. The van der Waals surface area contributed by atoms with Crippen LogP contribution in [-0.4, -0.2) is 0 Å². The van der Waals surface area contributed by atoms with Crippen LogP contribution in [0.5, 0.6) is 0 Å². The van der Waals surface area contributed by atoms with Gasteiger partial charge in [0.15, 0.2) is 0 Å². The maximum absolute atomic E-state index is 2.27. The van der Waals surface area contributed by atoms with Crippen LogP contribution in [0.2, 0.25) is 0 Å². The number of hydrogen-bond acceptors (Lipinski definition) is 0. The molecule has 2 aromatic carbocycles. The average Bonchev–Trinajstić information content (AvgIpc) is 3.18. The minimum Gasteiger partial charge on any atom is -0.0622 e. The predicted octanol–water partition coefficient (Wildman–Crippen LogP) is 7.15. The summed E-state index contributed by atoms with van der Waals surface area (Å²) in [6.45, 7) is 0. The second-order valence-electron chi connectivity index (χ2n) is 7.59. The minimum absolute atomic E-state index is 0.861. The third-order valence-corrected chi connectivity index (χ3v) is 5.72. The van der Waals surface area contributed by atoms with Gasteiger partial charge in [0.25, 0.3) is 0 Å². The molecule has 0 atom stereocenters. The Balaban J connectivity index is 0.000000141. The van der Waals surface area contributed by atoms with Gasteiger partial charge in [-0.25, -0.2) is 0 Å². The van der Waals surface area contributed by atoms with E-state index in [1.807, 2.05) is 0 Å². The van der Waals surface area contributed by atoms with Crippen LogP contribution in [0.15, 0.2) is 60.7 Å². The zero-order valence-corrected chi connectivity index (χ0v) is 15.0. The highest BCUT2D eigenvalue weighted by Gasteiger charge is 2.15. The van der Waals surface area contributed by atoms with E-state index < -0.39 is 0 Å². The Morgan fingerprint density at radius 2 is 1.12 bits per heavy atom. The van der Waals surface area contributed by atoms with Crippen molar-refractivity contribution in [1.82, 2.24) is 0 Å². The van der Waals surface area contributed by atoms with Crippen LogP contribution >= 0.6 is 0 Å². The smallest absolute Gasteiger partial charge is 0.0162 e. The molecule has 0 aliphatic heterocycles. The first kappa shape index (κ1) is 17.3. The molecule has 24 heavy (non-hydrogen) atoms. The van der Waals surface area contributed by atoms with Crippen LogP contribution in [0.25, 0.3) is 0 Å². The van der Waals surface area contributed by atoms with Gasteiger partial charge in [0.2, 0.25) is 0 Å². The van der Waals surface area contributed by atoms with E-state index in [1.165, 1.54) is 69.8 Å². The second kappa shape index (κ2) is 9.67. The molecule has 4 rings (SSSR count). The molecular formula is C24H32. The molecule has 0 amide bonds. The molecule has 2 fully saturated rings. The van der Waals surface area contributed by atoms with Crippen LogP contribution in [0, 0.1) is 5.92 Å². The van der Waals surface area contributed by atoms with Crippen LogP contribution in [0.3, 0.4) is 0 Å². The molecule has 2 aliphatic rings. The van der Waals surface area contributed by atoms with Crippen molar-refractivity contribution in [2.24, 2.45) is 5.92 Å². The Morgan fingerprint density at radius 3 is 1.75 bits per heavy atom. The lowest BCUT2D eigenvalue weighted by Gasteiger charge is -2.21. The van der Waals surface area contributed by atoms with Crippen LogP contribution in [-0.2, 0) is 6.42 Å². The van der Waals surface area contributed by atoms with Gasteiger partial charge in [-0.2, -0.15) is 0 Å². The maximum Gasteiger partial charge on any atom is -0.0162 e. The van der Waals surface area contributed by atoms with Crippen molar-refractivity contribution in [1.29, 1.82) is 0 Å². The topological polar surface area (TPSA) is 0 Å². The van der Waals surface area contributed by atoms with Crippen molar-refractivity contribution in [2.45, 2.75) is 70.1 Å². The zero-order chi connectivity index (χ0) is 16.5. The van der Waals surface area contributed by atoms with E-state index in [4.69, 9.17) is 0 Å². The van der Waals surface area contributed by atoms with E-state index in [9.17, 15) is 0 Å². The van der Waals surface area contributed by atoms with Gasteiger partial charge in [0.05, 0.1) is 0 Å². The average molecular weight is 321 g/mol. The Hall–Kier alpha value is -1.56. The van der Waals surface area contributed by atoms with Crippen molar-refractivity contribution in [3.8, 4) is 0 Å². The van der Waals surface area contributed by atoms with Crippen molar-refractivity contribution < 1.29 is 0 Å². The fourth-order valence-corrected chi connectivity index (χ4v) is 4.32. The normalized spacial score (nSPS) is 18.8. The Kier molecular flexibility index (Phi) is 6.96. The standard InChI is InChI=1S/2C12H16/c1-3-7-11(8-4-1)12-9-5-2-6-10-12;1-2-6-11(7-3-1)10-12-8-4-5-9-12/h1,3-4,7-8,12H,2,5-6,9-10H2;1-3,6-7,12H,4-5,8-10H2. The molecule has 0 heterocycles. The van der Waals surface area contributed by atoms with Gasteiger partial charge in [-0.3, -0.25) is 0 Å².